The Morgan fingerprint density at radius 3 is 2.77 bits per heavy atom. The fraction of sp³-hybridized carbons (Fsp3) is 0.318. The van der Waals surface area contributed by atoms with Gasteiger partial charge in [-0.2, -0.15) is 0 Å². The van der Waals surface area contributed by atoms with E-state index < -0.39 is 12.1 Å². The van der Waals surface area contributed by atoms with Crippen LogP contribution in [-0.4, -0.2) is 59.5 Å². The van der Waals surface area contributed by atoms with Crippen molar-refractivity contribution in [1.29, 1.82) is 0 Å². The van der Waals surface area contributed by atoms with Crippen LogP contribution >= 0.6 is 0 Å². The maximum atomic E-state index is 12.2. The summed E-state index contributed by atoms with van der Waals surface area (Å²) < 4.78 is 10.9. The van der Waals surface area contributed by atoms with Crippen LogP contribution in [0.4, 0.5) is 10.7 Å². The smallest absolute Gasteiger partial charge is 0.407 e. The van der Waals surface area contributed by atoms with Crippen LogP contribution in [0.5, 0.6) is 0 Å². The second-order valence-electron chi connectivity index (χ2n) is 7.39. The second-order valence-corrected chi connectivity index (χ2v) is 7.39. The molecule has 1 amide bonds. The Balaban J connectivity index is 1.39. The molecule has 4 rings (SSSR count). The number of piperidine rings is 1. The van der Waals surface area contributed by atoms with Gasteiger partial charge in [0.25, 0.3) is 0 Å². The van der Waals surface area contributed by atoms with E-state index in [0.717, 1.165) is 5.56 Å². The van der Waals surface area contributed by atoms with Crippen LogP contribution in [0, 0.1) is 0 Å². The number of carboxylic acid groups (broad SMARTS) is 1. The Morgan fingerprint density at radius 1 is 1.23 bits per heavy atom. The molecule has 2 atom stereocenters. The summed E-state index contributed by atoms with van der Waals surface area (Å²) in [7, 11) is 1.60. The normalized spacial score (nSPS) is 18.7. The van der Waals surface area contributed by atoms with Gasteiger partial charge in [-0.1, -0.05) is 36.4 Å². The molecule has 31 heavy (non-hydrogen) atoms. The minimum Gasteiger partial charge on any atom is -0.478 e. The summed E-state index contributed by atoms with van der Waals surface area (Å²) in [6, 6.07) is 14.3. The highest BCUT2D eigenvalue weighted by molar-refractivity contribution is 6.01. The number of methoxy groups -OCH3 is 1. The van der Waals surface area contributed by atoms with Crippen molar-refractivity contribution in [2.45, 2.75) is 25.2 Å². The third kappa shape index (κ3) is 4.61. The minimum absolute atomic E-state index is 0.154. The van der Waals surface area contributed by atoms with Gasteiger partial charge in [0.15, 0.2) is 0 Å². The number of fused-ring (bicyclic) bond motifs is 1. The van der Waals surface area contributed by atoms with Gasteiger partial charge < -0.3 is 29.8 Å². The third-order valence-electron chi connectivity index (χ3n) is 5.41. The number of nitrogens with one attached hydrogen (secondary N) is 2. The lowest BCUT2D eigenvalue weighted by atomic mass is 10.0. The molecule has 0 saturated carbocycles. The zero-order valence-electron chi connectivity index (χ0n) is 17.1. The first kappa shape index (κ1) is 20.7. The van der Waals surface area contributed by atoms with Crippen LogP contribution in [0.25, 0.3) is 11.0 Å². The number of aromatic amines is 1. The third-order valence-corrected chi connectivity index (χ3v) is 5.41. The highest BCUT2D eigenvalue weighted by atomic mass is 16.5. The quantitative estimate of drug-likeness (QED) is 0.557. The monoisotopic (exact) mass is 424 g/mol. The molecule has 1 aliphatic rings. The Labute approximate surface area is 179 Å². The summed E-state index contributed by atoms with van der Waals surface area (Å²) in [6.45, 7) is 1.31. The molecule has 0 unspecified atom stereocenters. The van der Waals surface area contributed by atoms with Crippen molar-refractivity contribution in [2.24, 2.45) is 0 Å². The first-order chi connectivity index (χ1) is 15.0. The maximum absolute atomic E-state index is 12.2. The van der Waals surface area contributed by atoms with E-state index in [1.165, 1.54) is 6.07 Å². The highest BCUT2D eigenvalue weighted by Crippen LogP contribution is 2.24. The van der Waals surface area contributed by atoms with Gasteiger partial charge in [-0.05, 0) is 24.1 Å². The van der Waals surface area contributed by atoms with Crippen LogP contribution in [0.3, 0.4) is 0 Å². The number of para-hydroxylation sites is 1. The molecule has 1 saturated heterocycles. The van der Waals surface area contributed by atoms with E-state index in [2.05, 4.69) is 15.3 Å². The molecule has 9 nitrogen and oxygen atoms in total. The molecular formula is C22H24N4O5. The molecule has 162 valence electrons. The number of benzene rings is 2. The molecule has 0 aliphatic carbocycles. The van der Waals surface area contributed by atoms with Crippen molar-refractivity contribution in [3.63, 3.8) is 0 Å². The average Bonchev–Trinajstić information content (AvgIpc) is 3.23. The summed E-state index contributed by atoms with van der Waals surface area (Å²) in [5.74, 6) is -0.439. The number of nitrogens with zero attached hydrogens (tertiary/aromatic N) is 2. The SMILES string of the molecule is CO[C@@H]1CN(c2nc3c(C(=O)O)cccc3[nH]2)CC[C@@H]1NC(=O)OCc1ccccc1. The molecule has 2 heterocycles. The number of alkyl carbamates (subject to hydrolysis) is 1. The zero-order valence-corrected chi connectivity index (χ0v) is 17.1. The van der Waals surface area contributed by atoms with Crippen molar-refractivity contribution in [2.75, 3.05) is 25.1 Å². The van der Waals surface area contributed by atoms with Gasteiger partial charge >= 0.3 is 12.1 Å². The topological polar surface area (TPSA) is 117 Å². The van der Waals surface area contributed by atoms with E-state index in [9.17, 15) is 14.7 Å². The number of H-pyrrole nitrogens is 1. The van der Waals surface area contributed by atoms with E-state index in [1.54, 1.807) is 19.2 Å². The van der Waals surface area contributed by atoms with Crippen LogP contribution < -0.4 is 10.2 Å². The largest absolute Gasteiger partial charge is 0.478 e. The maximum Gasteiger partial charge on any atom is 0.407 e. The van der Waals surface area contributed by atoms with E-state index in [1.807, 2.05) is 35.2 Å². The number of hydrogen-bond donors (Lipinski definition) is 3. The van der Waals surface area contributed by atoms with Crippen molar-refractivity contribution in [3.05, 3.63) is 59.7 Å². The van der Waals surface area contributed by atoms with Gasteiger partial charge in [-0.15, -0.1) is 0 Å². The number of anilines is 1. The number of ether oxygens (including phenoxy) is 2. The molecule has 3 N–H and O–H groups in total. The molecule has 1 aromatic heterocycles. The number of carboxylic acids is 1. The number of carbonyl (C=O) groups is 2. The lowest BCUT2D eigenvalue weighted by molar-refractivity contribution is 0.0543. The van der Waals surface area contributed by atoms with Crippen LogP contribution in [0.2, 0.25) is 0 Å². The number of amides is 1. The molecule has 2 aromatic carbocycles. The van der Waals surface area contributed by atoms with Crippen molar-refractivity contribution < 1.29 is 24.2 Å². The standard InChI is InChI=1S/C22H24N4O5/c1-30-18-12-26(21-23-17-9-5-8-15(20(27)28)19(17)25-21)11-10-16(18)24-22(29)31-13-14-6-3-2-4-7-14/h2-9,16,18H,10-13H2,1H3,(H,23,25)(H,24,29)(H,27,28)/t16-,18+/m0/s1. The van der Waals surface area contributed by atoms with Gasteiger partial charge in [0.1, 0.15) is 12.1 Å². The van der Waals surface area contributed by atoms with Gasteiger partial charge in [0.05, 0.1) is 23.2 Å². The Kier molecular flexibility index (Phi) is 6.03. The Hall–Kier alpha value is -3.59. The lowest BCUT2D eigenvalue weighted by Gasteiger charge is -2.37. The average molecular weight is 424 g/mol. The molecule has 3 aromatic rings. The number of aromatic carboxylic acids is 1. The highest BCUT2D eigenvalue weighted by Gasteiger charge is 2.32. The second kappa shape index (κ2) is 9.05. The van der Waals surface area contributed by atoms with Crippen molar-refractivity contribution in [1.82, 2.24) is 15.3 Å². The molecule has 9 heteroatoms. The summed E-state index contributed by atoms with van der Waals surface area (Å²) in [4.78, 5) is 33.4. The van der Waals surface area contributed by atoms with Gasteiger partial charge in [-0.3, -0.25) is 0 Å². The predicted octanol–water partition coefficient (Wildman–Crippen LogP) is 2.78. The fourth-order valence-corrected chi connectivity index (χ4v) is 3.77. The summed E-state index contributed by atoms with van der Waals surface area (Å²) in [6.07, 6.45) is -0.133. The van der Waals surface area contributed by atoms with E-state index in [4.69, 9.17) is 9.47 Å². The van der Waals surface area contributed by atoms with Crippen molar-refractivity contribution >= 4 is 29.0 Å². The summed E-state index contributed by atoms with van der Waals surface area (Å²) >= 11 is 0. The number of hydrogen-bond acceptors (Lipinski definition) is 6. The van der Waals surface area contributed by atoms with Gasteiger partial charge in [0, 0.05) is 20.2 Å². The number of imidazole rings is 1. The molecule has 1 fully saturated rings. The number of carbonyl (C=O) groups excluding carboxylic acids is 1. The van der Waals surface area contributed by atoms with E-state index in [0.29, 0.717) is 36.5 Å². The summed E-state index contributed by atoms with van der Waals surface area (Å²) in [5.41, 5.74) is 2.15. The van der Waals surface area contributed by atoms with Gasteiger partial charge in [0.2, 0.25) is 5.95 Å². The van der Waals surface area contributed by atoms with Crippen molar-refractivity contribution in [3.8, 4) is 0 Å². The van der Waals surface area contributed by atoms with Crippen LogP contribution in [-0.2, 0) is 16.1 Å². The number of rotatable bonds is 6. The molecule has 0 bridgehead atoms. The molecule has 0 radical (unpaired) electrons. The van der Waals surface area contributed by atoms with Gasteiger partial charge in [-0.25, -0.2) is 14.6 Å². The first-order valence-corrected chi connectivity index (χ1v) is 10.0. The minimum atomic E-state index is -1.02. The first-order valence-electron chi connectivity index (χ1n) is 10.0. The molecule has 0 spiro atoms. The fourth-order valence-electron chi connectivity index (χ4n) is 3.77. The predicted molar refractivity (Wildman–Crippen MR) is 114 cm³/mol. The summed E-state index contributed by atoms with van der Waals surface area (Å²) in [5, 5.41) is 12.3. The Bertz CT molecular complexity index is 1070. The Morgan fingerprint density at radius 2 is 2.03 bits per heavy atom. The zero-order chi connectivity index (χ0) is 21.8. The lowest BCUT2D eigenvalue weighted by Crippen LogP contribution is -2.55. The molecular weight excluding hydrogens is 400 g/mol. The molecule has 1 aliphatic heterocycles. The number of aromatic nitrogens is 2. The van der Waals surface area contributed by atoms with E-state index in [-0.39, 0.29) is 24.3 Å². The van der Waals surface area contributed by atoms with E-state index >= 15 is 0 Å². The van der Waals surface area contributed by atoms with Crippen LogP contribution in [0.1, 0.15) is 22.3 Å². The van der Waals surface area contributed by atoms with Crippen LogP contribution in [0.15, 0.2) is 48.5 Å².